The van der Waals surface area contributed by atoms with Crippen LogP contribution in [0.15, 0.2) is 0 Å². The Kier molecular flexibility index (Phi) is 3.65. The zero-order valence-electron chi connectivity index (χ0n) is 4.80. The first kappa shape index (κ1) is 8.44. The van der Waals surface area contributed by atoms with E-state index in [0.717, 1.165) is 11.6 Å². The Bertz CT molecular complexity index is 58.8. The van der Waals surface area contributed by atoms with Gasteiger partial charge < -0.3 is 0 Å². The summed E-state index contributed by atoms with van der Waals surface area (Å²) in [5.74, 6) is -0.958. The van der Waals surface area contributed by atoms with Crippen molar-refractivity contribution >= 4 is 16.9 Å². The Morgan fingerprint density at radius 1 is 1.25 bits per heavy atom. The minimum absolute atomic E-state index is 0.682. The molecule has 2 radical (unpaired) electrons. The van der Waals surface area contributed by atoms with Crippen LogP contribution in [-0.4, -0.2) is 22.6 Å². The van der Waals surface area contributed by atoms with Crippen LogP contribution in [0.25, 0.3) is 0 Å². The normalized spacial score (nSPS) is 12.0. The molecule has 0 saturated carbocycles. The molecule has 6 N–H and O–H groups in total. The molecule has 0 fully saturated rings. The van der Waals surface area contributed by atoms with Gasteiger partial charge in [-0.2, -0.15) is 0 Å². The van der Waals surface area contributed by atoms with Gasteiger partial charge in [0.05, 0.1) is 0 Å². The molecule has 0 heterocycles. The van der Waals surface area contributed by atoms with E-state index in [0.29, 0.717) is 6.42 Å². The molecule has 4 heteroatoms. The van der Waals surface area contributed by atoms with Gasteiger partial charge >= 0.3 is 57.9 Å². The summed E-state index contributed by atoms with van der Waals surface area (Å²) in [4.78, 5) is 0. The molecule has 0 aliphatic heterocycles. The molecule has 8 heavy (non-hydrogen) atoms. The topological polar surface area (TPSA) is 78.1 Å². The van der Waals surface area contributed by atoms with Crippen molar-refractivity contribution in [1.82, 2.24) is 0 Å². The monoisotopic (exact) mass is 177 g/mol. The van der Waals surface area contributed by atoms with E-state index < -0.39 is 5.79 Å². The van der Waals surface area contributed by atoms with Gasteiger partial charge in [0.15, 0.2) is 0 Å². The second-order valence-corrected chi connectivity index (χ2v) is 2.88. The van der Waals surface area contributed by atoms with Crippen LogP contribution in [0, 0.1) is 0 Å². The van der Waals surface area contributed by atoms with Crippen LogP contribution in [0.1, 0.15) is 12.8 Å². The molecule has 0 rings (SSSR count). The summed E-state index contributed by atoms with van der Waals surface area (Å²) < 4.78 is 0. The zero-order valence-corrected chi connectivity index (χ0v) is 6.68. The fourth-order valence-electron chi connectivity index (χ4n) is 0.385. The van der Waals surface area contributed by atoms with E-state index in [4.69, 9.17) is 17.2 Å². The Balaban J connectivity index is 3.11. The van der Waals surface area contributed by atoms with Crippen LogP contribution in [0.5, 0.6) is 0 Å². The van der Waals surface area contributed by atoms with E-state index in [2.05, 4.69) is 16.9 Å². The molecular weight excluding hydrogens is 165 g/mol. The van der Waals surface area contributed by atoms with Gasteiger partial charge in [0.2, 0.25) is 0 Å². The molecule has 3 nitrogen and oxygen atoms in total. The second-order valence-electron chi connectivity index (χ2n) is 1.94. The van der Waals surface area contributed by atoms with Crippen LogP contribution in [0.3, 0.4) is 0 Å². The summed E-state index contributed by atoms with van der Waals surface area (Å²) in [5.41, 5.74) is 15.8. The fraction of sp³-hybridized carbons (Fsp3) is 1.00. The average Bonchev–Trinajstić information content (AvgIpc) is 1.59. The minimum atomic E-state index is -0.958. The molecule has 0 spiro atoms. The third-order valence-corrected chi connectivity index (χ3v) is 1.43. The second kappa shape index (κ2) is 3.46. The van der Waals surface area contributed by atoms with E-state index in [-0.39, 0.29) is 0 Å². The Morgan fingerprint density at radius 3 is 1.88 bits per heavy atom. The first-order valence-corrected chi connectivity index (χ1v) is 3.86. The molecule has 0 bridgehead atoms. The van der Waals surface area contributed by atoms with Crippen molar-refractivity contribution in [2.24, 2.45) is 17.2 Å². The summed E-state index contributed by atoms with van der Waals surface area (Å²) in [5, 5.41) is 1.03. The van der Waals surface area contributed by atoms with Gasteiger partial charge in [-0.05, 0) is 0 Å². The summed E-state index contributed by atoms with van der Waals surface area (Å²) >= 11 is 2.46. The summed E-state index contributed by atoms with van der Waals surface area (Å²) in [7, 11) is 0. The Labute approximate surface area is 58.5 Å². The van der Waals surface area contributed by atoms with Gasteiger partial charge in [-0.3, -0.25) is 0 Å². The van der Waals surface area contributed by atoms with Crippen molar-refractivity contribution in [3.8, 4) is 0 Å². The van der Waals surface area contributed by atoms with Crippen LogP contribution in [-0.2, 0) is 0 Å². The quantitative estimate of drug-likeness (QED) is 0.377. The molecule has 0 amide bonds. The van der Waals surface area contributed by atoms with E-state index >= 15 is 0 Å². The van der Waals surface area contributed by atoms with Crippen LogP contribution in [0.4, 0.5) is 0 Å². The number of rotatable bonds is 3. The van der Waals surface area contributed by atoms with Gasteiger partial charge in [0.1, 0.15) is 0 Å². The summed E-state index contributed by atoms with van der Waals surface area (Å²) in [6, 6.07) is 0. The standard InChI is InChI=1S/C4H12AsN3/c5-3-1-2-4(6,7)8/h1-3,6-8H2. The molecule has 0 aliphatic carbocycles. The van der Waals surface area contributed by atoms with Gasteiger partial charge in [0.25, 0.3) is 0 Å². The van der Waals surface area contributed by atoms with Crippen molar-refractivity contribution in [3.63, 3.8) is 0 Å². The van der Waals surface area contributed by atoms with Crippen molar-refractivity contribution in [2.45, 2.75) is 23.8 Å². The van der Waals surface area contributed by atoms with Crippen molar-refractivity contribution in [2.75, 3.05) is 0 Å². The van der Waals surface area contributed by atoms with Crippen molar-refractivity contribution in [1.29, 1.82) is 0 Å². The molecule has 0 saturated heterocycles. The van der Waals surface area contributed by atoms with Gasteiger partial charge in [-0.1, -0.05) is 0 Å². The SMILES string of the molecule is NC(N)(N)CCC[As]. The number of hydrogen-bond donors (Lipinski definition) is 3. The molecular formula is C4H12AsN3. The number of hydrogen-bond acceptors (Lipinski definition) is 3. The zero-order chi connectivity index (χ0) is 6.62. The summed E-state index contributed by atoms with van der Waals surface area (Å²) in [6.45, 7) is 0. The molecule has 0 unspecified atom stereocenters. The van der Waals surface area contributed by atoms with E-state index in [9.17, 15) is 0 Å². The van der Waals surface area contributed by atoms with Gasteiger partial charge in [-0.25, -0.2) is 0 Å². The molecule has 48 valence electrons. The molecule has 0 aliphatic rings. The van der Waals surface area contributed by atoms with E-state index in [1.54, 1.807) is 0 Å². The van der Waals surface area contributed by atoms with E-state index in [1.165, 1.54) is 0 Å². The van der Waals surface area contributed by atoms with Crippen LogP contribution < -0.4 is 17.2 Å². The van der Waals surface area contributed by atoms with Gasteiger partial charge in [0, 0.05) is 0 Å². The van der Waals surface area contributed by atoms with Crippen molar-refractivity contribution < 1.29 is 0 Å². The van der Waals surface area contributed by atoms with E-state index in [1.807, 2.05) is 0 Å². The Hall–Kier alpha value is 0.438. The average molecular weight is 177 g/mol. The van der Waals surface area contributed by atoms with Crippen molar-refractivity contribution in [3.05, 3.63) is 0 Å². The first-order valence-electron chi connectivity index (χ1n) is 2.54. The van der Waals surface area contributed by atoms with Crippen LogP contribution in [0.2, 0.25) is 5.21 Å². The maximum atomic E-state index is 5.27. The predicted octanol–water partition coefficient (Wildman–Crippen LogP) is -1.12. The van der Waals surface area contributed by atoms with Crippen LogP contribution >= 0.6 is 0 Å². The first-order chi connectivity index (χ1) is 3.56. The predicted molar refractivity (Wildman–Crippen MR) is 35.1 cm³/mol. The third-order valence-electron chi connectivity index (χ3n) is 0.768. The molecule has 0 atom stereocenters. The summed E-state index contributed by atoms with van der Waals surface area (Å²) in [6.07, 6.45) is 1.66. The molecule has 0 aromatic rings. The van der Waals surface area contributed by atoms with Gasteiger partial charge in [-0.15, -0.1) is 0 Å². The third kappa shape index (κ3) is 6.44. The number of nitrogens with two attached hydrogens (primary N) is 3. The Morgan fingerprint density at radius 2 is 1.75 bits per heavy atom. The fourth-order valence-corrected chi connectivity index (χ4v) is 0.717. The molecule has 0 aromatic heterocycles. The maximum absolute atomic E-state index is 5.27. The molecule has 0 aromatic carbocycles.